The van der Waals surface area contributed by atoms with Crippen molar-refractivity contribution in [2.75, 3.05) is 6.54 Å². The average Bonchev–Trinajstić information content (AvgIpc) is 2.95. The number of amides is 2. The number of nitrogens with zero attached hydrogens (tertiary/aromatic N) is 1. The van der Waals surface area contributed by atoms with Crippen molar-refractivity contribution < 1.29 is 9.59 Å². The summed E-state index contributed by atoms with van der Waals surface area (Å²) in [6, 6.07) is 14.8. The zero-order valence-corrected chi connectivity index (χ0v) is 15.6. The summed E-state index contributed by atoms with van der Waals surface area (Å²) in [4.78, 5) is 27.1. The molecule has 0 spiro atoms. The summed E-state index contributed by atoms with van der Waals surface area (Å²) >= 11 is 3.31. The van der Waals surface area contributed by atoms with Gasteiger partial charge in [-0.1, -0.05) is 40.2 Å². The third kappa shape index (κ3) is 4.18. The number of aryl methyl sites for hydroxylation is 1. The van der Waals surface area contributed by atoms with E-state index in [1.807, 2.05) is 37.3 Å². The van der Waals surface area contributed by atoms with Gasteiger partial charge in [0, 0.05) is 32.2 Å². The van der Waals surface area contributed by atoms with Crippen LogP contribution in [-0.4, -0.2) is 29.6 Å². The van der Waals surface area contributed by atoms with Crippen LogP contribution in [0.4, 0.5) is 0 Å². The number of nitrogens with one attached hydrogen (secondary N) is 3. The third-order valence-electron chi connectivity index (χ3n) is 3.82. The topological polar surface area (TPSA) is 86.3 Å². The van der Waals surface area contributed by atoms with Gasteiger partial charge in [0.25, 0.3) is 11.8 Å². The summed E-state index contributed by atoms with van der Waals surface area (Å²) in [5.41, 5.74) is 5.79. The molecule has 0 unspecified atom stereocenters. The first kappa shape index (κ1) is 17.9. The van der Waals surface area contributed by atoms with Gasteiger partial charge in [-0.25, -0.2) is 5.43 Å². The summed E-state index contributed by atoms with van der Waals surface area (Å²) < 4.78 is 0.799. The molecule has 2 aromatic carbocycles. The maximum atomic E-state index is 12.0. The highest BCUT2D eigenvalue weighted by atomic mass is 79.9. The Hall–Kier alpha value is -2.93. The monoisotopic (exact) mass is 412 g/mol. The molecule has 3 aromatic rings. The summed E-state index contributed by atoms with van der Waals surface area (Å²) in [5, 5.41) is 7.58. The van der Waals surface area contributed by atoms with Crippen LogP contribution in [0.2, 0.25) is 0 Å². The molecular formula is C19H17BrN4O2. The molecule has 2 amide bonds. The number of aromatic nitrogens is 1. The second-order valence-corrected chi connectivity index (χ2v) is 6.61. The number of hydrazone groups is 1. The van der Waals surface area contributed by atoms with Gasteiger partial charge in [-0.05, 0) is 31.2 Å². The van der Waals surface area contributed by atoms with Crippen LogP contribution in [0.1, 0.15) is 21.6 Å². The van der Waals surface area contributed by atoms with Gasteiger partial charge in [0.05, 0.1) is 12.8 Å². The molecule has 0 aliphatic heterocycles. The number of carbonyl (C=O) groups excluding carboxylic acids is 2. The van der Waals surface area contributed by atoms with E-state index in [-0.39, 0.29) is 12.5 Å². The zero-order valence-electron chi connectivity index (χ0n) is 14.0. The minimum Gasteiger partial charge on any atom is -0.358 e. The zero-order chi connectivity index (χ0) is 18.5. The van der Waals surface area contributed by atoms with E-state index >= 15 is 0 Å². The smallest absolute Gasteiger partial charge is 0.259 e. The maximum absolute atomic E-state index is 12.0. The number of benzene rings is 2. The lowest BCUT2D eigenvalue weighted by Crippen LogP contribution is -2.34. The lowest BCUT2D eigenvalue weighted by molar-refractivity contribution is -0.120. The fourth-order valence-electron chi connectivity index (χ4n) is 2.57. The van der Waals surface area contributed by atoms with E-state index in [0.717, 1.165) is 26.6 Å². The standard InChI is InChI=1S/C19H17BrN4O2/c1-12-16(15-7-2-3-8-17(15)23-12)10-22-24-18(25)11-21-19(26)13-5-4-6-14(20)9-13/h2-10,23H,11H2,1H3,(H,21,26)(H,24,25)/b22-10+. The molecule has 0 radical (unpaired) electrons. The van der Waals surface area contributed by atoms with Crippen molar-refractivity contribution in [1.29, 1.82) is 0 Å². The second-order valence-electron chi connectivity index (χ2n) is 5.70. The molecule has 0 fully saturated rings. The number of hydrogen-bond acceptors (Lipinski definition) is 3. The van der Waals surface area contributed by atoms with Crippen molar-refractivity contribution in [2.24, 2.45) is 5.10 Å². The molecule has 7 heteroatoms. The molecule has 3 N–H and O–H groups in total. The molecule has 0 aliphatic rings. The van der Waals surface area contributed by atoms with Gasteiger partial charge >= 0.3 is 0 Å². The van der Waals surface area contributed by atoms with E-state index in [9.17, 15) is 9.59 Å². The Bertz CT molecular complexity index is 994. The van der Waals surface area contributed by atoms with Crippen molar-refractivity contribution in [3.63, 3.8) is 0 Å². The van der Waals surface area contributed by atoms with Crippen LogP contribution >= 0.6 is 15.9 Å². The van der Waals surface area contributed by atoms with Gasteiger partial charge < -0.3 is 10.3 Å². The molecular weight excluding hydrogens is 396 g/mol. The van der Waals surface area contributed by atoms with Crippen molar-refractivity contribution in [3.8, 4) is 0 Å². The van der Waals surface area contributed by atoms with Crippen molar-refractivity contribution >= 4 is 44.9 Å². The van der Waals surface area contributed by atoms with Crippen LogP contribution < -0.4 is 10.7 Å². The number of para-hydroxylation sites is 1. The molecule has 0 aliphatic carbocycles. The number of aromatic amines is 1. The minimum atomic E-state index is -0.401. The van der Waals surface area contributed by atoms with Crippen LogP contribution in [0.15, 0.2) is 58.1 Å². The fraction of sp³-hybridized carbons (Fsp3) is 0.105. The third-order valence-corrected chi connectivity index (χ3v) is 4.32. The molecule has 0 atom stereocenters. The Kier molecular flexibility index (Phi) is 5.48. The highest BCUT2D eigenvalue weighted by Crippen LogP contribution is 2.19. The number of rotatable bonds is 5. The number of hydrogen-bond donors (Lipinski definition) is 3. The Morgan fingerprint density at radius 1 is 1.19 bits per heavy atom. The van der Waals surface area contributed by atoms with Gasteiger partial charge in [0.1, 0.15) is 0 Å². The van der Waals surface area contributed by atoms with Crippen LogP contribution in [0.3, 0.4) is 0 Å². The van der Waals surface area contributed by atoms with E-state index in [2.05, 4.69) is 36.8 Å². The second kappa shape index (κ2) is 7.97. The van der Waals surface area contributed by atoms with Gasteiger partial charge in [0.15, 0.2) is 0 Å². The first-order valence-electron chi connectivity index (χ1n) is 7.97. The van der Waals surface area contributed by atoms with Gasteiger partial charge in [-0.3, -0.25) is 9.59 Å². The summed E-state index contributed by atoms with van der Waals surface area (Å²) in [6.07, 6.45) is 1.60. The highest BCUT2D eigenvalue weighted by Gasteiger charge is 2.08. The van der Waals surface area contributed by atoms with Gasteiger partial charge in [-0.2, -0.15) is 5.10 Å². The van der Waals surface area contributed by atoms with E-state index < -0.39 is 5.91 Å². The van der Waals surface area contributed by atoms with Gasteiger partial charge in [0.2, 0.25) is 0 Å². The predicted molar refractivity (Wildman–Crippen MR) is 105 cm³/mol. The molecule has 26 heavy (non-hydrogen) atoms. The quantitative estimate of drug-likeness (QED) is 0.444. The summed E-state index contributed by atoms with van der Waals surface area (Å²) in [5.74, 6) is -0.722. The normalized spacial score (nSPS) is 11.0. The Labute approximate surface area is 158 Å². The largest absolute Gasteiger partial charge is 0.358 e. The first-order chi connectivity index (χ1) is 12.5. The van der Waals surface area contributed by atoms with E-state index in [0.29, 0.717) is 5.56 Å². The Balaban J connectivity index is 1.56. The van der Waals surface area contributed by atoms with Crippen LogP contribution in [0, 0.1) is 6.92 Å². The SMILES string of the molecule is Cc1[nH]c2ccccc2c1/C=N/NC(=O)CNC(=O)c1cccc(Br)c1. The lowest BCUT2D eigenvalue weighted by Gasteiger charge is -2.04. The maximum Gasteiger partial charge on any atom is 0.259 e. The molecule has 3 rings (SSSR count). The minimum absolute atomic E-state index is 0.157. The van der Waals surface area contributed by atoms with Crippen molar-refractivity contribution in [1.82, 2.24) is 15.7 Å². The van der Waals surface area contributed by atoms with Crippen LogP contribution in [-0.2, 0) is 4.79 Å². The van der Waals surface area contributed by atoms with Crippen LogP contribution in [0.5, 0.6) is 0 Å². The van der Waals surface area contributed by atoms with Gasteiger partial charge in [-0.15, -0.1) is 0 Å². The number of carbonyl (C=O) groups is 2. The highest BCUT2D eigenvalue weighted by molar-refractivity contribution is 9.10. The summed E-state index contributed by atoms with van der Waals surface area (Å²) in [6.45, 7) is 1.79. The molecule has 1 aromatic heterocycles. The molecule has 0 saturated carbocycles. The fourth-order valence-corrected chi connectivity index (χ4v) is 2.96. The first-order valence-corrected chi connectivity index (χ1v) is 8.77. The molecule has 0 saturated heterocycles. The lowest BCUT2D eigenvalue weighted by atomic mass is 10.1. The van der Waals surface area contributed by atoms with E-state index in [1.54, 1.807) is 24.4 Å². The average molecular weight is 413 g/mol. The van der Waals surface area contributed by atoms with Crippen molar-refractivity contribution in [3.05, 3.63) is 69.8 Å². The van der Waals surface area contributed by atoms with E-state index in [4.69, 9.17) is 0 Å². The van der Waals surface area contributed by atoms with Crippen LogP contribution in [0.25, 0.3) is 10.9 Å². The number of fused-ring (bicyclic) bond motifs is 1. The molecule has 6 nitrogen and oxygen atoms in total. The Morgan fingerprint density at radius 3 is 2.81 bits per heavy atom. The number of halogens is 1. The molecule has 1 heterocycles. The molecule has 132 valence electrons. The summed E-state index contributed by atoms with van der Waals surface area (Å²) in [7, 11) is 0. The molecule has 0 bridgehead atoms. The predicted octanol–water partition coefficient (Wildman–Crippen LogP) is 3.12. The number of H-pyrrole nitrogens is 1. The van der Waals surface area contributed by atoms with E-state index in [1.165, 1.54) is 0 Å². The Morgan fingerprint density at radius 2 is 2.00 bits per heavy atom. The van der Waals surface area contributed by atoms with Crippen molar-refractivity contribution in [2.45, 2.75) is 6.92 Å².